The lowest BCUT2D eigenvalue weighted by Crippen LogP contribution is -2.54. The minimum atomic E-state index is -0.828. The van der Waals surface area contributed by atoms with Gasteiger partial charge in [0.15, 0.2) is 0 Å². The molecule has 1 aliphatic heterocycles. The molecule has 0 unspecified atom stereocenters. The van der Waals surface area contributed by atoms with E-state index in [1.807, 2.05) is 42.5 Å². The van der Waals surface area contributed by atoms with Crippen molar-refractivity contribution in [2.75, 3.05) is 4.90 Å². The van der Waals surface area contributed by atoms with E-state index in [2.05, 4.69) is 5.32 Å². The Morgan fingerprint density at radius 2 is 1.36 bits per heavy atom. The van der Waals surface area contributed by atoms with E-state index in [4.69, 9.17) is 21.1 Å². The topological polar surface area (TPSA) is 84.9 Å². The number of benzene rings is 4. The third-order valence-corrected chi connectivity index (χ3v) is 6.22. The fourth-order valence-electron chi connectivity index (χ4n) is 3.95. The van der Waals surface area contributed by atoms with Gasteiger partial charge in [-0.25, -0.2) is 9.69 Å². The Balaban J connectivity index is 1.33. The van der Waals surface area contributed by atoms with E-state index in [1.165, 1.54) is 6.08 Å². The molecule has 1 aliphatic rings. The molecule has 4 aromatic carbocycles. The van der Waals surface area contributed by atoms with Crippen molar-refractivity contribution < 1.29 is 23.9 Å². The zero-order chi connectivity index (χ0) is 27.2. The summed E-state index contributed by atoms with van der Waals surface area (Å²) in [6, 6.07) is 29.6. The van der Waals surface area contributed by atoms with E-state index < -0.39 is 17.8 Å². The van der Waals surface area contributed by atoms with Gasteiger partial charge in [-0.15, -0.1) is 0 Å². The average molecular weight is 539 g/mol. The van der Waals surface area contributed by atoms with Crippen LogP contribution in [0.25, 0.3) is 6.08 Å². The molecule has 0 spiro atoms. The summed E-state index contributed by atoms with van der Waals surface area (Å²) in [5.41, 5.74) is 2.56. The zero-order valence-electron chi connectivity index (χ0n) is 20.7. The van der Waals surface area contributed by atoms with Crippen molar-refractivity contribution in [2.24, 2.45) is 0 Å². The summed E-state index contributed by atoms with van der Waals surface area (Å²) < 4.78 is 11.7. The van der Waals surface area contributed by atoms with E-state index in [-0.39, 0.29) is 5.57 Å². The fourth-order valence-corrected chi connectivity index (χ4v) is 4.08. The second-order valence-electron chi connectivity index (χ2n) is 8.68. The summed E-state index contributed by atoms with van der Waals surface area (Å²) >= 11 is 5.92. The number of imide groups is 2. The number of nitrogens with one attached hydrogen (secondary N) is 1. The zero-order valence-corrected chi connectivity index (χ0v) is 21.4. The molecule has 4 amide bonds. The smallest absolute Gasteiger partial charge is 0.335 e. The first-order valence-electron chi connectivity index (χ1n) is 12.1. The van der Waals surface area contributed by atoms with E-state index in [9.17, 15) is 14.4 Å². The predicted molar refractivity (Wildman–Crippen MR) is 148 cm³/mol. The molecule has 0 saturated carbocycles. The molecule has 1 N–H and O–H groups in total. The van der Waals surface area contributed by atoms with Crippen molar-refractivity contribution in [3.8, 4) is 11.5 Å². The highest BCUT2D eigenvalue weighted by Gasteiger charge is 2.37. The van der Waals surface area contributed by atoms with Gasteiger partial charge in [-0.3, -0.25) is 14.9 Å². The number of urea groups is 1. The number of para-hydroxylation sites is 1. The summed E-state index contributed by atoms with van der Waals surface area (Å²) in [5.74, 6) is -0.464. The van der Waals surface area contributed by atoms with Gasteiger partial charge in [0, 0.05) is 10.6 Å². The molecule has 4 aromatic rings. The Hall–Kier alpha value is -4.88. The fraction of sp³-hybridized carbons (Fsp3) is 0.0645. The highest BCUT2D eigenvalue weighted by molar-refractivity contribution is 6.39. The number of hydrogen-bond donors (Lipinski definition) is 1. The van der Waals surface area contributed by atoms with Crippen LogP contribution in [0.1, 0.15) is 16.7 Å². The van der Waals surface area contributed by atoms with Gasteiger partial charge < -0.3 is 9.47 Å². The Kier molecular flexibility index (Phi) is 7.70. The lowest BCUT2D eigenvalue weighted by atomic mass is 10.1. The van der Waals surface area contributed by atoms with Gasteiger partial charge in [0.05, 0.1) is 5.69 Å². The number of halogens is 1. The van der Waals surface area contributed by atoms with Crippen LogP contribution in [0.3, 0.4) is 0 Å². The molecule has 0 aromatic heterocycles. The van der Waals surface area contributed by atoms with Gasteiger partial charge in [-0.1, -0.05) is 72.3 Å². The van der Waals surface area contributed by atoms with Crippen LogP contribution in [0.5, 0.6) is 11.5 Å². The number of amides is 4. The van der Waals surface area contributed by atoms with Crippen LogP contribution < -0.4 is 19.7 Å². The monoisotopic (exact) mass is 538 g/mol. The van der Waals surface area contributed by atoms with E-state index >= 15 is 0 Å². The first-order valence-corrected chi connectivity index (χ1v) is 12.5. The van der Waals surface area contributed by atoms with Crippen LogP contribution in [0.15, 0.2) is 109 Å². The molecule has 0 aliphatic carbocycles. The molecule has 1 saturated heterocycles. The molecular weight excluding hydrogens is 516 g/mol. The van der Waals surface area contributed by atoms with E-state index in [1.54, 1.807) is 60.7 Å². The van der Waals surface area contributed by atoms with Crippen LogP contribution in [-0.2, 0) is 22.8 Å². The molecule has 5 rings (SSSR count). The van der Waals surface area contributed by atoms with Gasteiger partial charge >= 0.3 is 6.03 Å². The van der Waals surface area contributed by atoms with Crippen molar-refractivity contribution in [1.29, 1.82) is 0 Å². The SMILES string of the molecule is O=C1NC(=O)N(c2ccc(OCc3ccc(Cl)cc3)cc2)C(=O)/C1=C/c1ccccc1OCc1ccccc1. The summed E-state index contributed by atoms with van der Waals surface area (Å²) in [4.78, 5) is 39.6. The number of barbiturate groups is 1. The number of hydrogen-bond acceptors (Lipinski definition) is 5. The molecule has 194 valence electrons. The van der Waals surface area contributed by atoms with Crippen molar-refractivity contribution >= 4 is 41.2 Å². The van der Waals surface area contributed by atoms with Gasteiger partial charge in [-0.05, 0) is 59.7 Å². The quantitative estimate of drug-likeness (QED) is 0.214. The molecule has 0 bridgehead atoms. The first kappa shape index (κ1) is 25.8. The minimum Gasteiger partial charge on any atom is -0.489 e. The first-order chi connectivity index (χ1) is 19.0. The molecule has 8 heteroatoms. The molecule has 0 radical (unpaired) electrons. The lowest BCUT2D eigenvalue weighted by molar-refractivity contribution is -0.122. The van der Waals surface area contributed by atoms with Crippen LogP contribution >= 0.6 is 11.6 Å². The van der Waals surface area contributed by atoms with Crippen LogP contribution in [0.2, 0.25) is 5.02 Å². The number of carbonyl (C=O) groups is 3. The predicted octanol–water partition coefficient (Wildman–Crippen LogP) is 6.16. The van der Waals surface area contributed by atoms with E-state index in [0.717, 1.165) is 16.0 Å². The van der Waals surface area contributed by atoms with Gasteiger partial charge in [0.25, 0.3) is 11.8 Å². The average Bonchev–Trinajstić information content (AvgIpc) is 2.95. The van der Waals surface area contributed by atoms with Gasteiger partial charge in [0.1, 0.15) is 30.3 Å². The summed E-state index contributed by atoms with van der Waals surface area (Å²) in [7, 11) is 0. The maximum atomic E-state index is 13.4. The summed E-state index contributed by atoms with van der Waals surface area (Å²) in [6.45, 7) is 0.644. The number of carbonyl (C=O) groups excluding carboxylic acids is 3. The van der Waals surface area contributed by atoms with Crippen molar-refractivity contribution in [2.45, 2.75) is 13.2 Å². The second kappa shape index (κ2) is 11.7. The molecule has 1 heterocycles. The Bertz CT molecular complexity index is 1530. The van der Waals surface area contributed by atoms with Crippen LogP contribution in [-0.4, -0.2) is 17.8 Å². The van der Waals surface area contributed by atoms with Crippen LogP contribution in [0, 0.1) is 0 Å². The van der Waals surface area contributed by atoms with Crippen molar-refractivity contribution in [3.63, 3.8) is 0 Å². The van der Waals surface area contributed by atoms with Crippen molar-refractivity contribution in [3.05, 3.63) is 130 Å². The molecule has 0 atom stereocenters. The molecule has 1 fully saturated rings. The normalized spacial score (nSPS) is 14.3. The Morgan fingerprint density at radius 3 is 2.10 bits per heavy atom. The largest absolute Gasteiger partial charge is 0.489 e. The van der Waals surface area contributed by atoms with Crippen LogP contribution in [0.4, 0.5) is 10.5 Å². The summed E-state index contributed by atoms with van der Waals surface area (Å²) in [6.07, 6.45) is 1.43. The number of ether oxygens (including phenoxy) is 2. The molecule has 39 heavy (non-hydrogen) atoms. The Morgan fingerprint density at radius 1 is 0.718 bits per heavy atom. The lowest BCUT2D eigenvalue weighted by Gasteiger charge is -2.26. The van der Waals surface area contributed by atoms with E-state index in [0.29, 0.717) is 41.0 Å². The van der Waals surface area contributed by atoms with Gasteiger partial charge in [0.2, 0.25) is 0 Å². The maximum Gasteiger partial charge on any atom is 0.335 e. The third-order valence-electron chi connectivity index (χ3n) is 5.97. The molecular formula is C31H23ClN2O5. The van der Waals surface area contributed by atoms with Gasteiger partial charge in [-0.2, -0.15) is 0 Å². The number of rotatable bonds is 8. The third kappa shape index (κ3) is 6.17. The number of anilines is 1. The Labute approximate surface area is 230 Å². The highest BCUT2D eigenvalue weighted by atomic mass is 35.5. The molecule has 7 nitrogen and oxygen atoms in total. The van der Waals surface area contributed by atoms with Crippen molar-refractivity contribution in [1.82, 2.24) is 5.32 Å². The number of nitrogens with zero attached hydrogens (tertiary/aromatic N) is 1. The summed E-state index contributed by atoms with van der Waals surface area (Å²) in [5, 5.41) is 2.89. The highest BCUT2D eigenvalue weighted by Crippen LogP contribution is 2.27. The standard InChI is InChI=1S/C31H23ClN2O5/c32-24-12-10-22(11-13-24)19-38-26-16-14-25(15-17-26)34-30(36)27(29(35)33-31(34)37)18-23-8-4-5-9-28(23)39-20-21-6-2-1-3-7-21/h1-18H,19-20H2,(H,33,35,37)/b27-18+. The second-order valence-corrected chi connectivity index (χ2v) is 9.12. The maximum absolute atomic E-state index is 13.4. The minimum absolute atomic E-state index is 0.187.